The molecule has 4 rings (SSSR count). The molecule has 0 aromatic heterocycles. The van der Waals surface area contributed by atoms with E-state index >= 15 is 0 Å². The van der Waals surface area contributed by atoms with Crippen molar-refractivity contribution in [2.24, 2.45) is 23.7 Å². The fourth-order valence-electron chi connectivity index (χ4n) is 5.84. The molecule has 0 heterocycles. The van der Waals surface area contributed by atoms with Crippen LogP contribution in [0, 0.1) is 23.7 Å². The van der Waals surface area contributed by atoms with Gasteiger partial charge in [0, 0.05) is 0 Å². The molecule has 22 heavy (non-hydrogen) atoms. The largest absolute Gasteiger partial charge is 0.493 e. The first-order valence-corrected chi connectivity index (χ1v) is 8.97. The number of aryl methyl sites for hydroxylation is 1. The van der Waals surface area contributed by atoms with Crippen LogP contribution in [0.4, 0.5) is 0 Å². The minimum Gasteiger partial charge on any atom is -0.493 e. The second-order valence-corrected chi connectivity index (χ2v) is 7.67. The van der Waals surface area contributed by atoms with Crippen LogP contribution >= 0.6 is 0 Å². The Bertz CT molecular complexity index is 565. The Hall–Kier alpha value is -1.18. The van der Waals surface area contributed by atoms with Crippen molar-refractivity contribution < 1.29 is 9.47 Å². The van der Waals surface area contributed by atoms with Crippen molar-refractivity contribution in [3.05, 3.63) is 23.3 Å². The van der Waals surface area contributed by atoms with Crippen molar-refractivity contribution in [1.82, 2.24) is 0 Å². The van der Waals surface area contributed by atoms with Gasteiger partial charge in [0.2, 0.25) is 0 Å². The van der Waals surface area contributed by atoms with Crippen LogP contribution in [-0.4, -0.2) is 14.2 Å². The summed E-state index contributed by atoms with van der Waals surface area (Å²) in [6.45, 7) is 2.48. The van der Waals surface area contributed by atoms with Gasteiger partial charge in [0.25, 0.3) is 0 Å². The quantitative estimate of drug-likeness (QED) is 0.780. The highest BCUT2D eigenvalue weighted by Crippen LogP contribution is 2.57. The van der Waals surface area contributed by atoms with Gasteiger partial charge in [-0.3, -0.25) is 0 Å². The lowest BCUT2D eigenvalue weighted by molar-refractivity contribution is 0.119. The number of hydrogen-bond acceptors (Lipinski definition) is 2. The maximum atomic E-state index is 5.56. The maximum Gasteiger partial charge on any atom is 0.161 e. The van der Waals surface area contributed by atoms with Gasteiger partial charge in [-0.15, -0.1) is 0 Å². The van der Waals surface area contributed by atoms with E-state index in [0.717, 1.165) is 41.1 Å². The molecule has 5 unspecified atom stereocenters. The summed E-state index contributed by atoms with van der Waals surface area (Å²) in [5.74, 6) is 6.41. The number of ether oxygens (including phenoxy) is 2. The number of fused-ring (bicyclic) bond motifs is 5. The van der Waals surface area contributed by atoms with Crippen molar-refractivity contribution in [1.29, 1.82) is 0 Å². The zero-order valence-corrected chi connectivity index (χ0v) is 14.1. The fraction of sp³-hybridized carbons (Fsp3) is 0.700. The molecule has 0 radical (unpaired) electrons. The first-order valence-electron chi connectivity index (χ1n) is 8.97. The highest BCUT2D eigenvalue weighted by molar-refractivity contribution is 5.50. The van der Waals surface area contributed by atoms with Crippen LogP contribution in [0.5, 0.6) is 11.5 Å². The van der Waals surface area contributed by atoms with E-state index in [4.69, 9.17) is 9.47 Å². The molecule has 1 aromatic carbocycles. The molecule has 0 N–H and O–H groups in total. The Labute approximate surface area is 134 Å². The van der Waals surface area contributed by atoms with E-state index in [9.17, 15) is 0 Å². The lowest BCUT2D eigenvalue weighted by Gasteiger charge is -2.45. The molecule has 2 saturated carbocycles. The summed E-state index contributed by atoms with van der Waals surface area (Å²) in [4.78, 5) is 0. The zero-order chi connectivity index (χ0) is 15.3. The Kier molecular flexibility index (Phi) is 3.58. The van der Waals surface area contributed by atoms with Crippen LogP contribution in [0.3, 0.4) is 0 Å². The standard InChI is InChI=1S/C20H28O2/c1-12-4-6-15-14(12)8-9-17-16(15)7-5-13-10-19(21-2)20(22-3)11-18(13)17/h10-12,14-17H,4-9H2,1-3H3. The highest BCUT2D eigenvalue weighted by Gasteiger charge is 2.46. The second kappa shape index (κ2) is 5.47. The van der Waals surface area contributed by atoms with Gasteiger partial charge >= 0.3 is 0 Å². The second-order valence-electron chi connectivity index (χ2n) is 7.67. The average Bonchev–Trinajstić information content (AvgIpc) is 2.94. The van der Waals surface area contributed by atoms with Gasteiger partial charge in [-0.25, -0.2) is 0 Å². The molecule has 1 aromatic rings. The molecule has 2 heteroatoms. The van der Waals surface area contributed by atoms with E-state index in [1.807, 2.05) is 0 Å². The molecule has 0 amide bonds. The predicted molar refractivity (Wildman–Crippen MR) is 88.7 cm³/mol. The van der Waals surface area contributed by atoms with Crippen LogP contribution in [0.1, 0.15) is 56.1 Å². The first-order chi connectivity index (χ1) is 10.7. The van der Waals surface area contributed by atoms with Crippen LogP contribution in [0.15, 0.2) is 12.1 Å². The summed E-state index contributed by atoms with van der Waals surface area (Å²) in [7, 11) is 3.49. The van der Waals surface area contributed by atoms with Crippen molar-refractivity contribution >= 4 is 0 Å². The average molecular weight is 300 g/mol. The van der Waals surface area contributed by atoms with E-state index in [1.54, 1.807) is 19.8 Å². The zero-order valence-electron chi connectivity index (χ0n) is 14.1. The summed E-state index contributed by atoms with van der Waals surface area (Å²) in [5.41, 5.74) is 3.07. The molecule has 3 aliphatic carbocycles. The molecule has 3 aliphatic rings. The molecule has 0 bridgehead atoms. The van der Waals surface area contributed by atoms with Crippen molar-refractivity contribution in [2.45, 2.75) is 51.4 Å². The predicted octanol–water partition coefficient (Wildman–Crippen LogP) is 4.81. The van der Waals surface area contributed by atoms with Crippen LogP contribution in [0.2, 0.25) is 0 Å². The topological polar surface area (TPSA) is 18.5 Å². The van der Waals surface area contributed by atoms with Gasteiger partial charge in [-0.2, -0.15) is 0 Å². The molecular formula is C20H28O2. The lowest BCUT2D eigenvalue weighted by Crippen LogP contribution is -2.35. The Morgan fingerprint density at radius 3 is 2.32 bits per heavy atom. The lowest BCUT2D eigenvalue weighted by atomic mass is 9.60. The number of hydrogen-bond donors (Lipinski definition) is 0. The van der Waals surface area contributed by atoms with Gasteiger partial charge < -0.3 is 9.47 Å². The molecule has 0 aliphatic heterocycles. The summed E-state index contributed by atoms with van der Waals surface area (Å²) in [5, 5.41) is 0. The monoisotopic (exact) mass is 300 g/mol. The van der Waals surface area contributed by atoms with Gasteiger partial charge in [0.1, 0.15) is 0 Å². The van der Waals surface area contributed by atoms with Gasteiger partial charge in [0.05, 0.1) is 14.2 Å². The van der Waals surface area contributed by atoms with Gasteiger partial charge in [-0.05, 0) is 85.0 Å². The normalized spacial score (nSPS) is 36.2. The van der Waals surface area contributed by atoms with Gasteiger partial charge in [0.15, 0.2) is 11.5 Å². The summed E-state index contributed by atoms with van der Waals surface area (Å²) >= 11 is 0. The third kappa shape index (κ3) is 2.06. The van der Waals surface area contributed by atoms with E-state index in [0.29, 0.717) is 0 Å². The molecule has 2 fully saturated rings. The SMILES string of the molecule is COc1cc2c(cc1OC)C1CCC3C(C)CCC3C1CC2. The highest BCUT2D eigenvalue weighted by atomic mass is 16.5. The number of benzene rings is 1. The molecule has 0 spiro atoms. The Balaban J connectivity index is 1.70. The van der Waals surface area contributed by atoms with E-state index < -0.39 is 0 Å². The third-order valence-corrected chi connectivity index (χ3v) is 6.91. The molecule has 5 atom stereocenters. The van der Waals surface area contributed by atoms with Crippen molar-refractivity contribution in [2.75, 3.05) is 14.2 Å². The van der Waals surface area contributed by atoms with E-state index in [1.165, 1.54) is 44.1 Å². The Morgan fingerprint density at radius 1 is 0.818 bits per heavy atom. The van der Waals surface area contributed by atoms with Crippen LogP contribution in [-0.2, 0) is 6.42 Å². The molecule has 120 valence electrons. The summed E-state index contributed by atoms with van der Waals surface area (Å²) in [6, 6.07) is 4.51. The summed E-state index contributed by atoms with van der Waals surface area (Å²) in [6.07, 6.45) is 8.32. The molecule has 2 nitrogen and oxygen atoms in total. The van der Waals surface area contributed by atoms with Crippen LogP contribution in [0.25, 0.3) is 0 Å². The fourth-order valence-corrected chi connectivity index (χ4v) is 5.84. The van der Waals surface area contributed by atoms with Crippen LogP contribution < -0.4 is 9.47 Å². The number of methoxy groups -OCH3 is 2. The van der Waals surface area contributed by atoms with Gasteiger partial charge in [-0.1, -0.05) is 13.3 Å². The Morgan fingerprint density at radius 2 is 1.55 bits per heavy atom. The van der Waals surface area contributed by atoms with E-state index in [-0.39, 0.29) is 0 Å². The molecule has 0 saturated heterocycles. The van der Waals surface area contributed by atoms with E-state index in [2.05, 4.69) is 19.1 Å². The van der Waals surface area contributed by atoms with Crippen molar-refractivity contribution in [3.63, 3.8) is 0 Å². The van der Waals surface area contributed by atoms with Crippen molar-refractivity contribution in [3.8, 4) is 11.5 Å². The summed E-state index contributed by atoms with van der Waals surface area (Å²) < 4.78 is 11.1. The maximum absolute atomic E-state index is 5.56. The minimum atomic E-state index is 0.759. The minimum absolute atomic E-state index is 0.759. The molecular weight excluding hydrogens is 272 g/mol. The number of rotatable bonds is 2. The smallest absolute Gasteiger partial charge is 0.161 e. The third-order valence-electron chi connectivity index (χ3n) is 6.91. The first kappa shape index (κ1) is 14.4.